The molecule has 122 valence electrons. The number of benzene rings is 1. The highest BCUT2D eigenvalue weighted by Gasteiger charge is 2.14. The molecule has 1 unspecified atom stereocenters. The molecule has 0 radical (unpaired) electrons. The molecule has 0 saturated carbocycles. The molecular weight excluding hydrogens is 316 g/mol. The van der Waals surface area contributed by atoms with Gasteiger partial charge in [0.1, 0.15) is 5.02 Å². The predicted octanol–water partition coefficient (Wildman–Crippen LogP) is 2.91. The van der Waals surface area contributed by atoms with Gasteiger partial charge in [-0.15, -0.1) is 0 Å². The van der Waals surface area contributed by atoms with Gasteiger partial charge >= 0.3 is 0 Å². The van der Waals surface area contributed by atoms with Gasteiger partial charge in [-0.25, -0.2) is 4.98 Å². The highest BCUT2D eigenvalue weighted by Crippen LogP contribution is 2.22. The van der Waals surface area contributed by atoms with Crippen LogP contribution in [0.1, 0.15) is 34.5 Å². The second-order valence-corrected chi connectivity index (χ2v) is 5.43. The Morgan fingerprint density at radius 3 is 2.83 bits per heavy atom. The first-order valence-corrected chi connectivity index (χ1v) is 7.70. The number of aryl methyl sites for hydroxylation is 1. The maximum absolute atomic E-state index is 12.1. The number of carbonyl (C=O) groups excluding carboxylic acids is 1. The van der Waals surface area contributed by atoms with Gasteiger partial charge in [-0.3, -0.25) is 4.79 Å². The van der Waals surface area contributed by atoms with Crippen molar-refractivity contribution in [2.24, 2.45) is 0 Å². The van der Waals surface area contributed by atoms with Gasteiger partial charge in [-0.1, -0.05) is 35.9 Å². The zero-order valence-corrected chi connectivity index (χ0v) is 13.8. The first-order chi connectivity index (χ1) is 11.0. The topological polar surface area (TPSA) is 71.5 Å². The van der Waals surface area contributed by atoms with E-state index in [0.717, 1.165) is 11.1 Å². The Hall–Kier alpha value is -2.11. The van der Waals surface area contributed by atoms with E-state index in [4.69, 9.17) is 16.3 Å². The molecular formula is C17H19ClN2O3. The first kappa shape index (κ1) is 17.2. The minimum Gasteiger partial charge on any atom is -0.477 e. The zero-order chi connectivity index (χ0) is 16.8. The Kier molecular flexibility index (Phi) is 5.96. The quantitative estimate of drug-likeness (QED) is 0.852. The number of hydrogen-bond acceptors (Lipinski definition) is 4. The number of rotatable bonds is 6. The number of nitrogens with zero attached hydrogens (tertiary/aromatic N) is 1. The van der Waals surface area contributed by atoms with Gasteiger partial charge in [0.2, 0.25) is 5.88 Å². The molecule has 0 saturated heterocycles. The van der Waals surface area contributed by atoms with Crippen LogP contribution in [0.25, 0.3) is 0 Å². The summed E-state index contributed by atoms with van der Waals surface area (Å²) in [5.41, 5.74) is 2.08. The van der Waals surface area contributed by atoms with Crippen LogP contribution >= 0.6 is 11.6 Å². The van der Waals surface area contributed by atoms with E-state index >= 15 is 0 Å². The van der Waals surface area contributed by atoms with E-state index in [0.29, 0.717) is 18.1 Å². The van der Waals surface area contributed by atoms with Gasteiger partial charge in [0.15, 0.2) is 0 Å². The van der Waals surface area contributed by atoms with Crippen molar-refractivity contribution in [2.45, 2.75) is 20.0 Å². The molecule has 0 aliphatic heterocycles. The average molecular weight is 335 g/mol. The summed E-state index contributed by atoms with van der Waals surface area (Å²) in [5, 5.41) is 13.1. The SMILES string of the molecule is CCOc1ncc(C(=O)NCC(O)c2ccccc2C)cc1Cl. The molecule has 0 fully saturated rings. The third-order valence-electron chi connectivity index (χ3n) is 3.35. The van der Waals surface area contributed by atoms with E-state index in [1.165, 1.54) is 12.3 Å². The molecule has 6 heteroatoms. The normalized spacial score (nSPS) is 11.8. The number of aliphatic hydroxyl groups is 1. The van der Waals surface area contributed by atoms with E-state index in [-0.39, 0.29) is 17.5 Å². The highest BCUT2D eigenvalue weighted by atomic mass is 35.5. The number of hydrogen-bond donors (Lipinski definition) is 2. The molecule has 0 aliphatic rings. The maximum atomic E-state index is 12.1. The van der Waals surface area contributed by atoms with Crippen molar-refractivity contribution >= 4 is 17.5 Å². The van der Waals surface area contributed by atoms with E-state index in [1.807, 2.05) is 38.1 Å². The monoisotopic (exact) mass is 334 g/mol. The summed E-state index contributed by atoms with van der Waals surface area (Å²) >= 11 is 6.01. The summed E-state index contributed by atoms with van der Waals surface area (Å²) < 4.78 is 5.23. The Morgan fingerprint density at radius 2 is 2.17 bits per heavy atom. The number of ether oxygens (including phenoxy) is 1. The molecule has 0 bridgehead atoms. The lowest BCUT2D eigenvalue weighted by Crippen LogP contribution is -2.28. The fourth-order valence-electron chi connectivity index (χ4n) is 2.15. The Morgan fingerprint density at radius 1 is 1.43 bits per heavy atom. The van der Waals surface area contributed by atoms with Gasteiger partial charge in [0.05, 0.1) is 18.3 Å². The molecule has 0 spiro atoms. The third kappa shape index (κ3) is 4.43. The fourth-order valence-corrected chi connectivity index (χ4v) is 2.38. The molecule has 5 nitrogen and oxygen atoms in total. The van der Waals surface area contributed by atoms with Crippen LogP contribution in [0.4, 0.5) is 0 Å². The molecule has 23 heavy (non-hydrogen) atoms. The Bertz CT molecular complexity index is 691. The standard InChI is InChI=1S/C17H19ClN2O3/c1-3-23-17-14(18)8-12(9-20-17)16(22)19-10-15(21)13-7-5-4-6-11(13)2/h4-9,15,21H,3,10H2,1-2H3,(H,19,22). The summed E-state index contributed by atoms with van der Waals surface area (Å²) in [7, 11) is 0. The van der Waals surface area contributed by atoms with Gasteiger partial charge in [-0.2, -0.15) is 0 Å². The van der Waals surface area contributed by atoms with Crippen LogP contribution in [0.5, 0.6) is 5.88 Å². The summed E-state index contributed by atoms with van der Waals surface area (Å²) in [4.78, 5) is 16.1. The van der Waals surface area contributed by atoms with Crippen LogP contribution in [0.15, 0.2) is 36.5 Å². The van der Waals surface area contributed by atoms with Crippen molar-refractivity contribution in [3.05, 3.63) is 58.2 Å². The molecule has 0 aliphatic carbocycles. The molecule has 1 amide bonds. The van der Waals surface area contributed by atoms with E-state index in [9.17, 15) is 9.90 Å². The van der Waals surface area contributed by atoms with Gasteiger partial charge < -0.3 is 15.2 Å². The predicted molar refractivity (Wildman–Crippen MR) is 88.9 cm³/mol. The van der Waals surface area contributed by atoms with Gasteiger partial charge in [-0.05, 0) is 31.0 Å². The van der Waals surface area contributed by atoms with E-state index in [1.54, 1.807) is 0 Å². The minimum atomic E-state index is -0.772. The van der Waals surface area contributed by atoms with Crippen molar-refractivity contribution < 1.29 is 14.6 Å². The first-order valence-electron chi connectivity index (χ1n) is 7.33. The van der Waals surface area contributed by atoms with Crippen LogP contribution in [0, 0.1) is 6.92 Å². The van der Waals surface area contributed by atoms with Crippen LogP contribution in [-0.4, -0.2) is 29.1 Å². The van der Waals surface area contributed by atoms with E-state index < -0.39 is 6.10 Å². The number of aromatic nitrogens is 1. The maximum Gasteiger partial charge on any atom is 0.253 e. The number of pyridine rings is 1. The summed E-state index contributed by atoms with van der Waals surface area (Å²) in [6.07, 6.45) is 0.623. The third-order valence-corrected chi connectivity index (χ3v) is 3.62. The zero-order valence-electron chi connectivity index (χ0n) is 13.0. The second kappa shape index (κ2) is 7.94. The molecule has 1 aromatic carbocycles. The second-order valence-electron chi connectivity index (χ2n) is 5.03. The van der Waals surface area contributed by atoms with Crippen LogP contribution in [0.2, 0.25) is 5.02 Å². The molecule has 1 heterocycles. The molecule has 1 aromatic heterocycles. The van der Waals surface area contributed by atoms with Crippen molar-refractivity contribution in [1.82, 2.24) is 10.3 Å². The van der Waals surface area contributed by atoms with E-state index in [2.05, 4.69) is 10.3 Å². The lowest BCUT2D eigenvalue weighted by atomic mass is 10.0. The fraction of sp³-hybridized carbons (Fsp3) is 0.294. The smallest absolute Gasteiger partial charge is 0.253 e. The molecule has 2 rings (SSSR count). The Labute approximate surface area is 140 Å². The van der Waals surface area contributed by atoms with Crippen molar-refractivity contribution in [3.63, 3.8) is 0 Å². The van der Waals surface area contributed by atoms with Crippen LogP contribution in [0.3, 0.4) is 0 Å². The van der Waals surface area contributed by atoms with Crippen molar-refractivity contribution in [3.8, 4) is 5.88 Å². The molecule has 1 atom stereocenters. The molecule has 2 N–H and O–H groups in total. The number of nitrogens with one attached hydrogen (secondary N) is 1. The van der Waals surface area contributed by atoms with Crippen LogP contribution in [-0.2, 0) is 0 Å². The largest absolute Gasteiger partial charge is 0.477 e. The Balaban J connectivity index is 1.99. The number of aliphatic hydroxyl groups excluding tert-OH is 1. The van der Waals surface area contributed by atoms with Crippen molar-refractivity contribution in [2.75, 3.05) is 13.2 Å². The van der Waals surface area contributed by atoms with Crippen LogP contribution < -0.4 is 10.1 Å². The highest BCUT2D eigenvalue weighted by molar-refractivity contribution is 6.32. The minimum absolute atomic E-state index is 0.106. The number of amides is 1. The lowest BCUT2D eigenvalue weighted by molar-refractivity contribution is 0.0915. The number of carbonyl (C=O) groups is 1. The molecule has 2 aromatic rings. The number of halogens is 1. The van der Waals surface area contributed by atoms with Crippen molar-refractivity contribution in [1.29, 1.82) is 0 Å². The average Bonchev–Trinajstić information content (AvgIpc) is 2.54. The van der Waals surface area contributed by atoms with Gasteiger partial charge in [0.25, 0.3) is 5.91 Å². The summed E-state index contributed by atoms with van der Waals surface area (Å²) in [5.74, 6) is -0.0549. The summed E-state index contributed by atoms with van der Waals surface area (Å²) in [6, 6.07) is 8.99. The lowest BCUT2D eigenvalue weighted by Gasteiger charge is -2.14. The van der Waals surface area contributed by atoms with Gasteiger partial charge in [0, 0.05) is 12.7 Å². The summed E-state index contributed by atoms with van der Waals surface area (Å²) in [6.45, 7) is 4.29.